The van der Waals surface area contributed by atoms with Crippen molar-refractivity contribution in [1.82, 2.24) is 20.1 Å². The average Bonchev–Trinajstić information content (AvgIpc) is 3.33. The van der Waals surface area contributed by atoms with Gasteiger partial charge in [0, 0.05) is 44.4 Å². The SMILES string of the molecule is CO[C@@]12CC[C@H](OCC3CC3)C[C@@H]1N(Cc1[nH]nc3ncccc13)CC2. The molecule has 3 fully saturated rings. The van der Waals surface area contributed by atoms with Crippen LogP contribution in [0.3, 0.4) is 0 Å². The molecule has 2 aromatic rings. The molecule has 2 saturated carbocycles. The standard InChI is InChI=1S/C20H28N4O2/c1-25-20-7-6-15(26-13-14-4-5-14)11-18(20)24(10-8-20)12-17-16-3-2-9-21-19(16)23-22-17/h2-3,9,14-15,18H,4-8,10-13H2,1H3,(H,21,22,23)/t15-,18-,20+/m0/s1. The number of methoxy groups -OCH3 is 1. The van der Waals surface area contributed by atoms with Crippen LogP contribution >= 0.6 is 0 Å². The molecule has 5 rings (SSSR count). The number of nitrogens with zero attached hydrogens (tertiary/aromatic N) is 3. The summed E-state index contributed by atoms with van der Waals surface area (Å²) in [7, 11) is 1.89. The largest absolute Gasteiger partial charge is 0.378 e. The van der Waals surface area contributed by atoms with E-state index in [1.165, 1.54) is 12.8 Å². The first kappa shape index (κ1) is 16.7. The molecular weight excluding hydrogens is 328 g/mol. The van der Waals surface area contributed by atoms with Crippen LogP contribution in [0.1, 0.15) is 44.2 Å². The minimum absolute atomic E-state index is 0.00643. The van der Waals surface area contributed by atoms with Crippen LogP contribution in [0.25, 0.3) is 11.0 Å². The Bertz CT molecular complexity index is 774. The van der Waals surface area contributed by atoms with Gasteiger partial charge in [0.25, 0.3) is 0 Å². The molecule has 2 aromatic heterocycles. The highest BCUT2D eigenvalue weighted by Gasteiger charge is 2.51. The topological polar surface area (TPSA) is 63.3 Å². The fraction of sp³-hybridized carbons (Fsp3) is 0.700. The minimum atomic E-state index is -0.00643. The number of likely N-dealkylation sites (tertiary alicyclic amines) is 1. The highest BCUT2D eigenvalue weighted by Crippen LogP contribution is 2.44. The lowest BCUT2D eigenvalue weighted by Gasteiger charge is -2.43. The molecule has 26 heavy (non-hydrogen) atoms. The van der Waals surface area contributed by atoms with Crippen molar-refractivity contribution in [2.75, 3.05) is 20.3 Å². The summed E-state index contributed by atoms with van der Waals surface area (Å²) >= 11 is 0. The molecule has 3 aliphatic rings. The van der Waals surface area contributed by atoms with Gasteiger partial charge < -0.3 is 9.47 Å². The van der Waals surface area contributed by atoms with Crippen molar-refractivity contribution in [3.63, 3.8) is 0 Å². The third-order valence-corrected chi connectivity index (χ3v) is 6.69. The maximum Gasteiger partial charge on any atom is 0.181 e. The third kappa shape index (κ3) is 2.94. The second-order valence-corrected chi connectivity index (χ2v) is 8.25. The number of pyridine rings is 1. The van der Waals surface area contributed by atoms with Crippen molar-refractivity contribution in [3.05, 3.63) is 24.0 Å². The zero-order chi connectivity index (χ0) is 17.6. The van der Waals surface area contributed by atoms with E-state index >= 15 is 0 Å². The van der Waals surface area contributed by atoms with Crippen LogP contribution in [0.5, 0.6) is 0 Å². The Morgan fingerprint density at radius 3 is 3.08 bits per heavy atom. The lowest BCUT2D eigenvalue weighted by molar-refractivity contribution is -0.103. The number of aromatic amines is 1. The van der Waals surface area contributed by atoms with E-state index in [2.05, 4.69) is 26.1 Å². The fourth-order valence-corrected chi connectivity index (χ4v) is 4.88. The summed E-state index contributed by atoms with van der Waals surface area (Å²) in [5.74, 6) is 0.827. The summed E-state index contributed by atoms with van der Waals surface area (Å²) in [6, 6.07) is 4.50. The van der Waals surface area contributed by atoms with E-state index in [-0.39, 0.29) is 5.60 Å². The molecule has 1 N–H and O–H groups in total. The first-order valence-electron chi connectivity index (χ1n) is 9.96. The molecule has 0 bridgehead atoms. The fourth-order valence-electron chi connectivity index (χ4n) is 4.88. The maximum atomic E-state index is 6.25. The second-order valence-electron chi connectivity index (χ2n) is 8.25. The Labute approximate surface area is 154 Å². The number of hydrogen-bond acceptors (Lipinski definition) is 5. The first-order valence-corrected chi connectivity index (χ1v) is 9.96. The summed E-state index contributed by atoms with van der Waals surface area (Å²) in [5, 5.41) is 8.68. The molecule has 1 saturated heterocycles. The monoisotopic (exact) mass is 356 g/mol. The van der Waals surface area contributed by atoms with Crippen molar-refractivity contribution in [2.45, 2.75) is 62.8 Å². The van der Waals surface area contributed by atoms with E-state index < -0.39 is 0 Å². The van der Waals surface area contributed by atoms with Gasteiger partial charge in [-0.1, -0.05) is 0 Å². The summed E-state index contributed by atoms with van der Waals surface area (Å²) in [5.41, 5.74) is 1.95. The highest BCUT2D eigenvalue weighted by atomic mass is 16.5. The molecule has 0 aromatic carbocycles. The van der Waals surface area contributed by atoms with Crippen molar-refractivity contribution < 1.29 is 9.47 Å². The maximum absolute atomic E-state index is 6.25. The Balaban J connectivity index is 1.33. The molecule has 0 amide bonds. The summed E-state index contributed by atoms with van der Waals surface area (Å²) in [6.07, 6.45) is 9.29. The summed E-state index contributed by atoms with van der Waals surface area (Å²) in [4.78, 5) is 6.91. The Hall–Kier alpha value is -1.50. The van der Waals surface area contributed by atoms with E-state index in [4.69, 9.17) is 9.47 Å². The van der Waals surface area contributed by atoms with E-state index in [1.807, 2.05) is 13.2 Å². The normalized spacial score (nSPS) is 32.2. The molecule has 0 radical (unpaired) electrons. The van der Waals surface area contributed by atoms with Crippen molar-refractivity contribution in [2.24, 2.45) is 5.92 Å². The molecule has 6 heteroatoms. The van der Waals surface area contributed by atoms with Crippen LogP contribution in [0.15, 0.2) is 18.3 Å². The first-order chi connectivity index (χ1) is 12.8. The zero-order valence-corrected chi connectivity index (χ0v) is 15.5. The lowest BCUT2D eigenvalue weighted by Crippen LogP contribution is -2.51. The number of aromatic nitrogens is 3. The van der Waals surface area contributed by atoms with E-state index in [9.17, 15) is 0 Å². The minimum Gasteiger partial charge on any atom is -0.378 e. The predicted molar refractivity (Wildman–Crippen MR) is 98.8 cm³/mol. The molecule has 1 aliphatic heterocycles. The summed E-state index contributed by atoms with van der Waals surface area (Å²) < 4.78 is 12.3. The third-order valence-electron chi connectivity index (χ3n) is 6.69. The second kappa shape index (κ2) is 6.59. The molecule has 3 atom stereocenters. The summed E-state index contributed by atoms with van der Waals surface area (Å²) in [6.45, 7) is 2.89. The van der Waals surface area contributed by atoms with Gasteiger partial charge in [-0.05, 0) is 56.6 Å². The van der Waals surface area contributed by atoms with Gasteiger partial charge in [-0.3, -0.25) is 10.00 Å². The van der Waals surface area contributed by atoms with Crippen molar-refractivity contribution in [3.8, 4) is 0 Å². The molecule has 0 unspecified atom stereocenters. The van der Waals surface area contributed by atoms with E-state index in [0.29, 0.717) is 12.1 Å². The van der Waals surface area contributed by atoms with E-state index in [1.54, 1.807) is 6.20 Å². The van der Waals surface area contributed by atoms with Gasteiger partial charge in [0.2, 0.25) is 0 Å². The van der Waals surface area contributed by atoms with Crippen LogP contribution < -0.4 is 0 Å². The van der Waals surface area contributed by atoms with Crippen LogP contribution in [-0.4, -0.2) is 58.1 Å². The molecule has 6 nitrogen and oxygen atoms in total. The lowest BCUT2D eigenvalue weighted by atomic mass is 9.79. The number of nitrogens with one attached hydrogen (secondary N) is 1. The van der Waals surface area contributed by atoms with Crippen LogP contribution in [0, 0.1) is 5.92 Å². The number of ether oxygens (including phenoxy) is 2. The van der Waals surface area contributed by atoms with Gasteiger partial charge in [0.1, 0.15) is 0 Å². The highest BCUT2D eigenvalue weighted by molar-refractivity contribution is 5.77. The Morgan fingerprint density at radius 1 is 1.31 bits per heavy atom. The van der Waals surface area contributed by atoms with Gasteiger partial charge in [-0.2, -0.15) is 5.10 Å². The predicted octanol–water partition coefficient (Wildman–Crippen LogP) is 2.90. The molecular formula is C20H28N4O2. The van der Waals surface area contributed by atoms with Gasteiger partial charge in [-0.25, -0.2) is 4.98 Å². The van der Waals surface area contributed by atoms with Crippen molar-refractivity contribution >= 4 is 11.0 Å². The Kier molecular flexibility index (Phi) is 4.22. The van der Waals surface area contributed by atoms with Crippen molar-refractivity contribution in [1.29, 1.82) is 0 Å². The molecule has 3 heterocycles. The van der Waals surface area contributed by atoms with Gasteiger partial charge in [0.05, 0.1) is 17.4 Å². The molecule has 2 aliphatic carbocycles. The van der Waals surface area contributed by atoms with E-state index in [0.717, 1.165) is 68.0 Å². The van der Waals surface area contributed by atoms with Crippen LogP contribution in [-0.2, 0) is 16.0 Å². The van der Waals surface area contributed by atoms with Crippen LogP contribution in [0.4, 0.5) is 0 Å². The quantitative estimate of drug-likeness (QED) is 0.862. The van der Waals surface area contributed by atoms with Gasteiger partial charge in [-0.15, -0.1) is 0 Å². The number of hydrogen-bond donors (Lipinski definition) is 1. The number of rotatable bonds is 6. The smallest absolute Gasteiger partial charge is 0.181 e. The number of H-pyrrole nitrogens is 1. The number of fused-ring (bicyclic) bond motifs is 2. The molecule has 140 valence electrons. The van der Waals surface area contributed by atoms with Gasteiger partial charge in [0.15, 0.2) is 5.65 Å². The zero-order valence-electron chi connectivity index (χ0n) is 15.5. The molecule has 0 spiro atoms. The average molecular weight is 356 g/mol. The van der Waals surface area contributed by atoms with Crippen LogP contribution in [0.2, 0.25) is 0 Å². The van der Waals surface area contributed by atoms with Gasteiger partial charge >= 0.3 is 0 Å². The Morgan fingerprint density at radius 2 is 2.23 bits per heavy atom.